The van der Waals surface area contributed by atoms with Crippen molar-refractivity contribution in [2.45, 2.75) is 39.3 Å². The Kier molecular flexibility index (Phi) is 7.04. The highest BCUT2D eigenvalue weighted by Crippen LogP contribution is 2.22. The van der Waals surface area contributed by atoms with Gasteiger partial charge in [0.25, 0.3) is 0 Å². The molecule has 1 aliphatic rings. The van der Waals surface area contributed by atoms with Crippen LogP contribution in [-0.2, 0) is 6.54 Å². The molecule has 168 valence electrons. The van der Waals surface area contributed by atoms with E-state index in [2.05, 4.69) is 44.6 Å². The molecule has 0 radical (unpaired) electrons. The second kappa shape index (κ2) is 10.3. The van der Waals surface area contributed by atoms with Crippen molar-refractivity contribution < 1.29 is 8.81 Å². The van der Waals surface area contributed by atoms with Crippen molar-refractivity contribution in [3.8, 4) is 11.3 Å². The molecule has 1 saturated heterocycles. The normalized spacial score (nSPS) is 15.1. The van der Waals surface area contributed by atoms with Crippen LogP contribution in [0.4, 0.5) is 10.1 Å². The fraction of sp³-hybridized carbons (Fsp3) is 0.360. The van der Waals surface area contributed by atoms with Crippen LogP contribution in [-0.4, -0.2) is 36.6 Å². The lowest BCUT2D eigenvalue weighted by Gasteiger charge is -2.34. The summed E-state index contributed by atoms with van der Waals surface area (Å²) in [5.41, 5.74) is 3.16. The highest BCUT2D eigenvalue weighted by Gasteiger charge is 2.20. The van der Waals surface area contributed by atoms with E-state index in [-0.39, 0.29) is 5.82 Å². The number of oxazole rings is 1. The van der Waals surface area contributed by atoms with Crippen LogP contribution < -0.4 is 15.5 Å². The third-order valence-corrected chi connectivity index (χ3v) is 5.62. The number of nitrogens with one attached hydrogen (secondary N) is 2. The van der Waals surface area contributed by atoms with Gasteiger partial charge in [-0.1, -0.05) is 35.9 Å². The van der Waals surface area contributed by atoms with Gasteiger partial charge in [0.1, 0.15) is 12.4 Å². The van der Waals surface area contributed by atoms with Crippen molar-refractivity contribution in [2.75, 3.05) is 24.5 Å². The molecule has 1 aromatic heterocycles. The van der Waals surface area contributed by atoms with Crippen LogP contribution in [0.25, 0.3) is 11.3 Å². The third kappa shape index (κ3) is 5.66. The van der Waals surface area contributed by atoms with E-state index in [1.54, 1.807) is 18.3 Å². The zero-order valence-electron chi connectivity index (χ0n) is 18.6. The lowest BCUT2D eigenvalue weighted by atomic mass is 10.0. The molecule has 32 heavy (non-hydrogen) atoms. The number of aromatic nitrogens is 1. The van der Waals surface area contributed by atoms with Crippen LogP contribution in [0.5, 0.6) is 0 Å². The molecule has 0 saturated carbocycles. The molecule has 2 N–H and O–H groups in total. The minimum Gasteiger partial charge on any atom is -0.439 e. The van der Waals surface area contributed by atoms with Gasteiger partial charge < -0.3 is 20.0 Å². The van der Waals surface area contributed by atoms with E-state index in [1.807, 2.05) is 25.1 Å². The van der Waals surface area contributed by atoms with E-state index in [0.29, 0.717) is 18.5 Å². The number of piperidine rings is 1. The lowest BCUT2D eigenvalue weighted by Crippen LogP contribution is -2.48. The van der Waals surface area contributed by atoms with Crippen molar-refractivity contribution in [1.29, 1.82) is 0 Å². The highest BCUT2D eigenvalue weighted by atomic mass is 19.1. The van der Waals surface area contributed by atoms with E-state index < -0.39 is 0 Å². The van der Waals surface area contributed by atoms with Crippen LogP contribution in [0, 0.1) is 12.7 Å². The zero-order valence-corrected chi connectivity index (χ0v) is 18.6. The Hall–Kier alpha value is -3.35. The molecule has 0 unspecified atom stereocenters. The smallest absolute Gasteiger partial charge is 0.216 e. The molecule has 3 aromatic rings. The Bertz CT molecular complexity index is 1040. The topological polar surface area (TPSA) is 65.7 Å². The van der Waals surface area contributed by atoms with Crippen molar-refractivity contribution in [2.24, 2.45) is 4.99 Å². The number of benzene rings is 2. The molecule has 0 bridgehead atoms. The van der Waals surface area contributed by atoms with Gasteiger partial charge in [-0.2, -0.15) is 0 Å². The zero-order chi connectivity index (χ0) is 22.3. The van der Waals surface area contributed by atoms with Gasteiger partial charge in [-0.25, -0.2) is 14.4 Å². The number of rotatable bonds is 6. The van der Waals surface area contributed by atoms with Crippen LogP contribution in [0.15, 0.2) is 64.1 Å². The van der Waals surface area contributed by atoms with Crippen LogP contribution in [0.3, 0.4) is 0 Å². The molecule has 1 fully saturated rings. The summed E-state index contributed by atoms with van der Waals surface area (Å²) in [5, 5.41) is 6.83. The van der Waals surface area contributed by atoms with Crippen molar-refractivity contribution >= 4 is 11.6 Å². The van der Waals surface area contributed by atoms with E-state index in [4.69, 9.17) is 4.42 Å². The molecule has 4 rings (SSSR count). The summed E-state index contributed by atoms with van der Waals surface area (Å²) >= 11 is 0. The Morgan fingerprint density at radius 1 is 1.19 bits per heavy atom. The lowest BCUT2D eigenvalue weighted by molar-refractivity contribution is 0.459. The first-order valence-electron chi connectivity index (χ1n) is 11.2. The van der Waals surface area contributed by atoms with Gasteiger partial charge >= 0.3 is 0 Å². The maximum Gasteiger partial charge on any atom is 0.216 e. The minimum atomic E-state index is -0.193. The number of aryl methyl sites for hydroxylation is 1. The van der Waals surface area contributed by atoms with Crippen LogP contribution in [0.2, 0.25) is 0 Å². The molecule has 0 spiro atoms. The van der Waals surface area contributed by atoms with Gasteiger partial charge in [-0.3, -0.25) is 0 Å². The van der Waals surface area contributed by atoms with Gasteiger partial charge in [0.2, 0.25) is 5.89 Å². The van der Waals surface area contributed by atoms with Crippen molar-refractivity contribution in [3.05, 3.63) is 72.0 Å². The highest BCUT2D eigenvalue weighted by molar-refractivity contribution is 5.80. The first-order valence-corrected chi connectivity index (χ1v) is 11.2. The summed E-state index contributed by atoms with van der Waals surface area (Å²) in [7, 11) is 0. The first-order chi connectivity index (χ1) is 15.6. The average Bonchev–Trinajstić information content (AvgIpc) is 3.28. The molecule has 7 heteroatoms. The first kappa shape index (κ1) is 21.9. The molecule has 2 aromatic carbocycles. The summed E-state index contributed by atoms with van der Waals surface area (Å²) < 4.78 is 19.4. The largest absolute Gasteiger partial charge is 0.439 e. The van der Waals surface area contributed by atoms with Gasteiger partial charge in [0.15, 0.2) is 11.7 Å². The quantitative estimate of drug-likeness (QED) is 0.440. The maximum atomic E-state index is 13.5. The summed E-state index contributed by atoms with van der Waals surface area (Å²) in [6.45, 7) is 6.99. The number of hydrogen-bond donors (Lipinski definition) is 2. The predicted octanol–water partition coefficient (Wildman–Crippen LogP) is 4.51. The number of guanidine groups is 1. The Balaban J connectivity index is 1.33. The number of nitrogens with zero attached hydrogens (tertiary/aromatic N) is 3. The van der Waals surface area contributed by atoms with Gasteiger partial charge in [-0.05, 0) is 44.9 Å². The fourth-order valence-electron chi connectivity index (χ4n) is 3.85. The average molecular weight is 436 g/mol. The molecule has 0 atom stereocenters. The van der Waals surface area contributed by atoms with Crippen LogP contribution >= 0.6 is 0 Å². The molecular formula is C25H30FN5O. The molecule has 0 aliphatic carbocycles. The fourth-order valence-corrected chi connectivity index (χ4v) is 3.85. The molecule has 6 nitrogen and oxygen atoms in total. The minimum absolute atomic E-state index is 0.193. The second-order valence-corrected chi connectivity index (χ2v) is 8.06. The summed E-state index contributed by atoms with van der Waals surface area (Å²) in [6, 6.07) is 15.3. The summed E-state index contributed by atoms with van der Waals surface area (Å²) in [6.07, 6.45) is 3.66. The summed E-state index contributed by atoms with van der Waals surface area (Å²) in [5.74, 6) is 1.89. The monoisotopic (exact) mass is 435 g/mol. The molecule has 0 amide bonds. The maximum absolute atomic E-state index is 13.5. The SMILES string of the molecule is CCNC(=NCc1ncc(-c2ccc(C)cc2)o1)NC1CCN(c2cccc(F)c2)CC1. The van der Waals surface area contributed by atoms with Crippen LogP contribution in [0.1, 0.15) is 31.2 Å². The van der Waals surface area contributed by atoms with E-state index in [1.165, 1.54) is 11.6 Å². The number of halogens is 1. The van der Waals surface area contributed by atoms with Crippen molar-refractivity contribution in [3.63, 3.8) is 0 Å². The predicted molar refractivity (Wildman–Crippen MR) is 126 cm³/mol. The Morgan fingerprint density at radius 3 is 2.69 bits per heavy atom. The Labute approximate surface area is 188 Å². The molecule has 1 aliphatic heterocycles. The molecular weight excluding hydrogens is 405 g/mol. The van der Waals surface area contributed by atoms with Gasteiger partial charge in [0.05, 0.1) is 6.20 Å². The summed E-state index contributed by atoms with van der Waals surface area (Å²) in [4.78, 5) is 11.3. The standard InChI is InChI=1S/C25H30FN5O/c1-3-27-25(29-17-24-28-16-23(32-24)19-9-7-18(2)8-10-19)30-21-11-13-31(14-12-21)22-6-4-5-20(26)15-22/h4-10,15-16,21H,3,11-14,17H2,1-2H3,(H2,27,29,30). The van der Waals surface area contributed by atoms with E-state index >= 15 is 0 Å². The number of anilines is 1. The third-order valence-electron chi connectivity index (χ3n) is 5.62. The van der Waals surface area contributed by atoms with Crippen molar-refractivity contribution in [1.82, 2.24) is 15.6 Å². The van der Waals surface area contributed by atoms with E-state index in [0.717, 1.165) is 55.4 Å². The molecule has 2 heterocycles. The second-order valence-electron chi connectivity index (χ2n) is 8.06. The van der Waals surface area contributed by atoms with Gasteiger partial charge in [0, 0.05) is 36.9 Å². The number of aliphatic imine (C=N–C) groups is 1. The van der Waals surface area contributed by atoms with E-state index in [9.17, 15) is 4.39 Å². The van der Waals surface area contributed by atoms with Gasteiger partial charge in [-0.15, -0.1) is 0 Å². The number of hydrogen-bond acceptors (Lipinski definition) is 4. The Morgan fingerprint density at radius 2 is 1.97 bits per heavy atom.